The Balaban J connectivity index is 2.93. The maximum Gasteiger partial charge on any atom is 0.343 e. The molecule has 0 aliphatic rings. The van der Waals surface area contributed by atoms with Crippen LogP contribution in [0, 0.1) is 11.3 Å². The van der Waals surface area contributed by atoms with Crippen molar-refractivity contribution in [1.82, 2.24) is 5.32 Å². The van der Waals surface area contributed by atoms with E-state index in [0.717, 1.165) is 0 Å². The molecule has 0 aliphatic heterocycles. The first-order valence-electron chi connectivity index (χ1n) is 6.09. The van der Waals surface area contributed by atoms with Gasteiger partial charge in [0.2, 0.25) is 0 Å². The van der Waals surface area contributed by atoms with Crippen LogP contribution in [0.2, 0.25) is 0 Å². The van der Waals surface area contributed by atoms with Crippen LogP contribution in [0.1, 0.15) is 5.56 Å². The Bertz CT molecular complexity index is 709. The van der Waals surface area contributed by atoms with E-state index in [2.05, 4.69) is 20.7 Å². The highest BCUT2D eigenvalue weighted by Crippen LogP contribution is 2.27. The lowest BCUT2D eigenvalue weighted by Crippen LogP contribution is -2.35. The first-order chi connectivity index (χ1) is 10.9. The second-order valence-corrected chi connectivity index (χ2v) is 4.90. The summed E-state index contributed by atoms with van der Waals surface area (Å²) in [5.41, 5.74) is 5.03. The van der Waals surface area contributed by atoms with Gasteiger partial charge in [0.05, 0.1) is 11.6 Å². The monoisotopic (exact) mass is 381 g/mol. The molecule has 0 atom stereocenters. The van der Waals surface area contributed by atoms with Gasteiger partial charge in [0.1, 0.15) is 17.4 Å². The van der Waals surface area contributed by atoms with E-state index in [1.165, 1.54) is 13.2 Å². The van der Waals surface area contributed by atoms with Gasteiger partial charge in [0.15, 0.2) is 6.61 Å². The van der Waals surface area contributed by atoms with Gasteiger partial charge in [-0.2, -0.15) is 5.26 Å². The lowest BCUT2D eigenvalue weighted by Gasteiger charge is -2.07. The van der Waals surface area contributed by atoms with Gasteiger partial charge in [-0.15, -0.1) is 0 Å². The number of ether oxygens (including phenoxy) is 2. The van der Waals surface area contributed by atoms with Gasteiger partial charge in [0, 0.05) is 0 Å². The summed E-state index contributed by atoms with van der Waals surface area (Å²) in [6.07, 6.45) is 1.27. The molecular formula is C14H12BrN3O5. The van der Waals surface area contributed by atoms with Crippen LogP contribution in [-0.4, -0.2) is 31.6 Å². The van der Waals surface area contributed by atoms with E-state index < -0.39 is 17.9 Å². The zero-order valence-corrected chi connectivity index (χ0v) is 13.5. The number of esters is 1. The summed E-state index contributed by atoms with van der Waals surface area (Å²) in [6, 6.07) is 5.29. The van der Waals surface area contributed by atoms with Crippen molar-refractivity contribution in [2.24, 2.45) is 5.73 Å². The third-order valence-electron chi connectivity index (χ3n) is 2.44. The van der Waals surface area contributed by atoms with E-state index in [-0.39, 0.29) is 12.2 Å². The fourth-order valence-electron chi connectivity index (χ4n) is 1.41. The average molecular weight is 382 g/mol. The molecule has 23 heavy (non-hydrogen) atoms. The molecular weight excluding hydrogens is 370 g/mol. The van der Waals surface area contributed by atoms with E-state index in [4.69, 9.17) is 15.7 Å². The van der Waals surface area contributed by atoms with Gasteiger partial charge in [-0.3, -0.25) is 10.1 Å². The van der Waals surface area contributed by atoms with Crippen LogP contribution in [-0.2, 0) is 14.3 Å². The molecule has 0 saturated heterocycles. The van der Waals surface area contributed by atoms with Gasteiger partial charge < -0.3 is 15.2 Å². The number of nitrogens with two attached hydrogens (primary N) is 1. The minimum Gasteiger partial charge on any atom is -0.481 e. The number of halogens is 1. The van der Waals surface area contributed by atoms with Crippen molar-refractivity contribution in [2.75, 3.05) is 13.7 Å². The number of urea groups is 1. The van der Waals surface area contributed by atoms with Gasteiger partial charge in [-0.1, -0.05) is 6.07 Å². The lowest BCUT2D eigenvalue weighted by atomic mass is 10.1. The highest BCUT2D eigenvalue weighted by molar-refractivity contribution is 9.10. The van der Waals surface area contributed by atoms with Crippen molar-refractivity contribution in [3.63, 3.8) is 0 Å². The van der Waals surface area contributed by atoms with Crippen LogP contribution in [0.15, 0.2) is 28.2 Å². The number of nitriles is 1. The molecule has 0 bridgehead atoms. The predicted molar refractivity (Wildman–Crippen MR) is 83.0 cm³/mol. The Hall–Kier alpha value is -2.86. The lowest BCUT2D eigenvalue weighted by molar-refractivity contribution is -0.142. The fourth-order valence-corrected chi connectivity index (χ4v) is 1.92. The number of primary amides is 1. The maximum absolute atomic E-state index is 11.6. The molecule has 3 amide bonds. The molecule has 0 radical (unpaired) electrons. The molecule has 9 heteroatoms. The molecule has 0 aromatic heterocycles. The highest BCUT2D eigenvalue weighted by atomic mass is 79.9. The highest BCUT2D eigenvalue weighted by Gasteiger charge is 2.12. The number of nitrogens with one attached hydrogen (secondary N) is 1. The van der Waals surface area contributed by atoms with Crippen LogP contribution in [0.25, 0.3) is 6.08 Å². The van der Waals surface area contributed by atoms with Crippen LogP contribution >= 0.6 is 15.9 Å². The normalized spacial score (nSPS) is 10.4. The Labute approximate surface area is 140 Å². The number of nitrogens with zero attached hydrogens (tertiary/aromatic N) is 1. The van der Waals surface area contributed by atoms with Gasteiger partial charge in [0.25, 0.3) is 5.91 Å². The van der Waals surface area contributed by atoms with Crippen LogP contribution in [0.3, 0.4) is 0 Å². The molecule has 0 heterocycles. The largest absolute Gasteiger partial charge is 0.481 e. The topological polar surface area (TPSA) is 132 Å². The van der Waals surface area contributed by atoms with Gasteiger partial charge >= 0.3 is 12.0 Å². The molecule has 1 aromatic rings. The number of amides is 3. The first kappa shape index (κ1) is 18.2. The second kappa shape index (κ2) is 8.55. The average Bonchev–Trinajstić information content (AvgIpc) is 2.50. The summed E-state index contributed by atoms with van der Waals surface area (Å²) in [5.74, 6) is -1.05. The van der Waals surface area contributed by atoms with E-state index in [1.807, 2.05) is 0 Å². The molecule has 1 aromatic carbocycles. The SMILES string of the molecule is COC(=O)COc1ccc(/C=C(/C#N)C(=O)NC(N)=O)cc1Br. The molecule has 0 fully saturated rings. The third-order valence-corrected chi connectivity index (χ3v) is 3.06. The van der Waals surface area contributed by atoms with E-state index in [9.17, 15) is 14.4 Å². The number of hydrogen-bond donors (Lipinski definition) is 2. The minimum absolute atomic E-state index is 0.255. The number of rotatable bonds is 5. The Morgan fingerprint density at radius 1 is 1.43 bits per heavy atom. The number of carbonyl (C=O) groups excluding carboxylic acids is 3. The smallest absolute Gasteiger partial charge is 0.343 e. The number of benzene rings is 1. The second-order valence-electron chi connectivity index (χ2n) is 4.04. The molecule has 0 aliphatic carbocycles. The van der Waals surface area contributed by atoms with Crippen LogP contribution in [0.4, 0.5) is 4.79 Å². The zero-order chi connectivity index (χ0) is 17.4. The number of carbonyl (C=O) groups is 3. The Morgan fingerprint density at radius 3 is 2.65 bits per heavy atom. The predicted octanol–water partition coefficient (Wildman–Crippen LogP) is 1.10. The van der Waals surface area contributed by atoms with E-state index in [0.29, 0.717) is 15.8 Å². The van der Waals surface area contributed by atoms with Crippen molar-refractivity contribution in [3.05, 3.63) is 33.8 Å². The van der Waals surface area contributed by atoms with E-state index >= 15 is 0 Å². The van der Waals surface area contributed by atoms with Crippen molar-refractivity contribution >= 4 is 39.9 Å². The molecule has 1 rings (SSSR count). The summed E-state index contributed by atoms with van der Waals surface area (Å²) < 4.78 is 10.2. The summed E-state index contributed by atoms with van der Waals surface area (Å²) >= 11 is 3.24. The Morgan fingerprint density at radius 2 is 2.13 bits per heavy atom. The van der Waals surface area contributed by atoms with Crippen molar-refractivity contribution in [1.29, 1.82) is 5.26 Å². The standard InChI is InChI=1S/C14H12BrN3O5/c1-22-12(19)7-23-11-3-2-8(5-10(11)15)4-9(6-16)13(20)18-14(17)21/h2-5H,7H2,1H3,(H3,17,18,20,21)/b9-4-. The van der Waals surface area contributed by atoms with Crippen molar-refractivity contribution in [2.45, 2.75) is 0 Å². The summed E-state index contributed by atoms with van der Waals surface area (Å²) in [6.45, 7) is -0.255. The molecule has 8 nitrogen and oxygen atoms in total. The van der Waals surface area contributed by atoms with Crippen molar-refractivity contribution < 1.29 is 23.9 Å². The van der Waals surface area contributed by atoms with Crippen LogP contribution < -0.4 is 15.8 Å². The number of methoxy groups -OCH3 is 1. The number of hydrogen-bond acceptors (Lipinski definition) is 6. The van der Waals surface area contributed by atoms with E-state index in [1.54, 1.807) is 29.6 Å². The summed E-state index contributed by atoms with van der Waals surface area (Å²) in [4.78, 5) is 33.2. The quantitative estimate of drug-likeness (QED) is 0.445. The molecule has 0 unspecified atom stereocenters. The van der Waals surface area contributed by atoms with Gasteiger partial charge in [-0.25, -0.2) is 9.59 Å². The summed E-state index contributed by atoms with van der Waals surface area (Å²) in [5, 5.41) is 10.7. The molecule has 120 valence electrons. The number of imide groups is 1. The molecule has 0 saturated carbocycles. The maximum atomic E-state index is 11.6. The first-order valence-corrected chi connectivity index (χ1v) is 6.88. The summed E-state index contributed by atoms with van der Waals surface area (Å²) in [7, 11) is 1.25. The Kier molecular flexibility index (Phi) is 6.76. The van der Waals surface area contributed by atoms with Crippen LogP contribution in [0.5, 0.6) is 5.75 Å². The van der Waals surface area contributed by atoms with Gasteiger partial charge in [-0.05, 0) is 39.7 Å². The fraction of sp³-hybridized carbons (Fsp3) is 0.143. The van der Waals surface area contributed by atoms with Crippen molar-refractivity contribution in [3.8, 4) is 11.8 Å². The minimum atomic E-state index is -1.05. The molecule has 0 spiro atoms. The molecule has 3 N–H and O–H groups in total. The zero-order valence-electron chi connectivity index (χ0n) is 12.0. The third kappa shape index (κ3) is 5.80.